The first-order valence-corrected chi connectivity index (χ1v) is 14.0. The molecule has 39 heavy (non-hydrogen) atoms. The summed E-state index contributed by atoms with van der Waals surface area (Å²) >= 11 is 0. The molecule has 198 valence electrons. The van der Waals surface area contributed by atoms with Crippen LogP contribution in [0.15, 0.2) is 97.1 Å². The average Bonchev–Trinajstić information content (AvgIpc) is 3.40. The lowest BCUT2D eigenvalue weighted by Crippen LogP contribution is -2.53. The Balaban J connectivity index is 1.36. The van der Waals surface area contributed by atoms with Crippen LogP contribution >= 0.6 is 0 Å². The molecule has 0 radical (unpaired) electrons. The van der Waals surface area contributed by atoms with Crippen molar-refractivity contribution in [3.8, 4) is 0 Å². The molecule has 0 bridgehead atoms. The van der Waals surface area contributed by atoms with Crippen LogP contribution in [0.2, 0.25) is 0 Å². The van der Waals surface area contributed by atoms with E-state index < -0.39 is 0 Å². The van der Waals surface area contributed by atoms with Gasteiger partial charge in [-0.2, -0.15) is 0 Å². The fourth-order valence-corrected chi connectivity index (χ4v) is 6.58. The molecule has 2 aliphatic rings. The van der Waals surface area contributed by atoms with Crippen molar-refractivity contribution in [3.63, 3.8) is 0 Å². The van der Waals surface area contributed by atoms with Crippen LogP contribution in [0.5, 0.6) is 0 Å². The number of halogens is 1. The van der Waals surface area contributed by atoms with E-state index in [-0.39, 0.29) is 36.4 Å². The van der Waals surface area contributed by atoms with Gasteiger partial charge < -0.3 is 4.90 Å². The van der Waals surface area contributed by atoms with Crippen LogP contribution in [0.3, 0.4) is 0 Å². The van der Waals surface area contributed by atoms with Crippen LogP contribution in [0.4, 0.5) is 4.39 Å². The molecule has 0 N–H and O–H groups in total. The zero-order valence-corrected chi connectivity index (χ0v) is 22.7. The Bertz CT molecular complexity index is 1470. The standard InChI is InChI=1S/C35H35FN2O/c1-24-11-3-8-16-31(24)34-32-17-9-6-12-26(32)19-20-37(34)25(2)35(39)38(23-29-15-7-10-18-33(29)36)30-21-27-13-4-5-14-28(27)22-30/h3-18,25,30,34H,19-23H2,1-2H3/t25-,34-/m1/s1. The lowest BCUT2D eigenvalue weighted by molar-refractivity contribution is -0.140. The molecule has 1 aliphatic carbocycles. The number of hydrogen-bond donors (Lipinski definition) is 0. The number of rotatable bonds is 6. The summed E-state index contributed by atoms with van der Waals surface area (Å²) in [5.74, 6) is -0.197. The van der Waals surface area contributed by atoms with Gasteiger partial charge in [-0.1, -0.05) is 91.0 Å². The molecule has 3 nitrogen and oxygen atoms in total. The predicted octanol–water partition coefficient (Wildman–Crippen LogP) is 6.67. The molecule has 0 fully saturated rings. The first-order valence-electron chi connectivity index (χ1n) is 14.0. The van der Waals surface area contributed by atoms with Crippen molar-refractivity contribution in [1.82, 2.24) is 9.80 Å². The fourth-order valence-electron chi connectivity index (χ4n) is 6.58. The van der Waals surface area contributed by atoms with E-state index in [0.29, 0.717) is 5.56 Å². The number of hydrogen-bond acceptors (Lipinski definition) is 2. The highest BCUT2D eigenvalue weighted by molar-refractivity contribution is 5.82. The van der Waals surface area contributed by atoms with Gasteiger partial charge in [0.1, 0.15) is 5.82 Å². The molecule has 6 rings (SSSR count). The summed E-state index contributed by atoms with van der Waals surface area (Å²) in [6.45, 7) is 5.25. The van der Waals surface area contributed by atoms with E-state index in [2.05, 4.69) is 84.6 Å². The second-order valence-electron chi connectivity index (χ2n) is 11.0. The van der Waals surface area contributed by atoms with Crippen LogP contribution in [0.1, 0.15) is 51.9 Å². The van der Waals surface area contributed by atoms with Crippen LogP contribution in [-0.2, 0) is 30.6 Å². The number of amides is 1. The highest BCUT2D eigenvalue weighted by atomic mass is 19.1. The summed E-state index contributed by atoms with van der Waals surface area (Å²) in [6.07, 6.45) is 2.50. The van der Waals surface area contributed by atoms with Crippen LogP contribution in [0, 0.1) is 12.7 Å². The maximum absolute atomic E-state index is 14.9. The molecule has 0 unspecified atom stereocenters. The normalized spacial score (nSPS) is 17.9. The van der Waals surface area contributed by atoms with Crippen molar-refractivity contribution < 1.29 is 9.18 Å². The highest BCUT2D eigenvalue weighted by Crippen LogP contribution is 2.38. The third-order valence-electron chi connectivity index (χ3n) is 8.71. The molecule has 1 amide bonds. The largest absolute Gasteiger partial charge is 0.333 e. The summed E-state index contributed by atoms with van der Waals surface area (Å²) in [7, 11) is 0. The number of benzene rings is 4. The topological polar surface area (TPSA) is 23.6 Å². The van der Waals surface area contributed by atoms with Crippen molar-refractivity contribution in [2.75, 3.05) is 6.54 Å². The summed E-state index contributed by atoms with van der Waals surface area (Å²) < 4.78 is 14.9. The molecular weight excluding hydrogens is 483 g/mol. The average molecular weight is 519 g/mol. The minimum atomic E-state index is -0.363. The molecule has 4 aromatic carbocycles. The SMILES string of the molecule is Cc1ccccc1[C@@H]1c2ccccc2CCN1[C@H](C)C(=O)N(Cc1ccccc1F)C1Cc2ccccc2C1. The summed E-state index contributed by atoms with van der Waals surface area (Å²) in [5.41, 5.74) is 8.20. The molecular formula is C35H35FN2O. The Morgan fingerprint density at radius 3 is 2.13 bits per heavy atom. The Labute approximate surface area is 230 Å². The van der Waals surface area contributed by atoms with E-state index in [0.717, 1.165) is 25.8 Å². The molecule has 4 aromatic rings. The van der Waals surface area contributed by atoms with Gasteiger partial charge in [0, 0.05) is 24.7 Å². The van der Waals surface area contributed by atoms with Gasteiger partial charge in [-0.3, -0.25) is 9.69 Å². The zero-order chi connectivity index (χ0) is 26.9. The van der Waals surface area contributed by atoms with E-state index >= 15 is 0 Å². The predicted molar refractivity (Wildman–Crippen MR) is 154 cm³/mol. The monoisotopic (exact) mass is 518 g/mol. The van der Waals surface area contributed by atoms with Gasteiger partial charge in [0.25, 0.3) is 0 Å². The molecule has 1 aliphatic heterocycles. The number of carbonyl (C=O) groups is 1. The smallest absolute Gasteiger partial charge is 0.240 e. The zero-order valence-electron chi connectivity index (χ0n) is 22.7. The second kappa shape index (κ2) is 10.8. The molecule has 0 saturated heterocycles. The minimum Gasteiger partial charge on any atom is -0.333 e. The van der Waals surface area contributed by atoms with Crippen LogP contribution in [-0.4, -0.2) is 34.3 Å². The third-order valence-corrected chi connectivity index (χ3v) is 8.71. The van der Waals surface area contributed by atoms with E-state index in [1.165, 1.54) is 39.4 Å². The van der Waals surface area contributed by atoms with Gasteiger partial charge in [0.15, 0.2) is 0 Å². The maximum Gasteiger partial charge on any atom is 0.240 e. The van der Waals surface area contributed by atoms with Gasteiger partial charge in [0.05, 0.1) is 12.1 Å². The molecule has 0 spiro atoms. The van der Waals surface area contributed by atoms with Crippen LogP contribution < -0.4 is 0 Å². The summed E-state index contributed by atoms with van der Waals surface area (Å²) in [5, 5.41) is 0. The van der Waals surface area contributed by atoms with Gasteiger partial charge in [-0.25, -0.2) is 4.39 Å². The Hall–Kier alpha value is -3.76. The van der Waals surface area contributed by atoms with Gasteiger partial charge in [-0.05, 0) is 72.6 Å². The van der Waals surface area contributed by atoms with Crippen molar-refractivity contribution in [1.29, 1.82) is 0 Å². The van der Waals surface area contributed by atoms with E-state index in [1.807, 2.05) is 17.9 Å². The fraction of sp³-hybridized carbons (Fsp3) is 0.286. The Morgan fingerprint density at radius 2 is 1.44 bits per heavy atom. The maximum atomic E-state index is 14.9. The number of carbonyl (C=O) groups excluding carboxylic acids is 1. The van der Waals surface area contributed by atoms with E-state index in [4.69, 9.17) is 0 Å². The second-order valence-corrected chi connectivity index (χ2v) is 11.0. The van der Waals surface area contributed by atoms with Gasteiger partial charge >= 0.3 is 0 Å². The quantitative estimate of drug-likeness (QED) is 0.285. The molecule has 0 aromatic heterocycles. The summed E-state index contributed by atoms with van der Waals surface area (Å²) in [4.78, 5) is 18.9. The molecule has 4 heteroatoms. The van der Waals surface area contributed by atoms with Gasteiger partial charge in [-0.15, -0.1) is 0 Å². The van der Waals surface area contributed by atoms with Gasteiger partial charge in [0.2, 0.25) is 5.91 Å². The number of aryl methyl sites for hydroxylation is 1. The van der Waals surface area contributed by atoms with Crippen molar-refractivity contribution >= 4 is 5.91 Å². The number of fused-ring (bicyclic) bond motifs is 2. The van der Waals surface area contributed by atoms with E-state index in [9.17, 15) is 9.18 Å². The Kier molecular flexibility index (Phi) is 7.05. The Morgan fingerprint density at radius 1 is 0.846 bits per heavy atom. The van der Waals surface area contributed by atoms with Crippen molar-refractivity contribution in [3.05, 3.63) is 142 Å². The van der Waals surface area contributed by atoms with E-state index in [1.54, 1.807) is 12.1 Å². The minimum absolute atomic E-state index is 0.00550. The number of nitrogens with zero attached hydrogens (tertiary/aromatic N) is 2. The first kappa shape index (κ1) is 25.5. The molecule has 2 atom stereocenters. The first-order chi connectivity index (χ1) is 19.0. The highest BCUT2D eigenvalue weighted by Gasteiger charge is 2.39. The lowest BCUT2D eigenvalue weighted by atomic mass is 9.85. The molecule has 0 saturated carbocycles. The van der Waals surface area contributed by atoms with Crippen molar-refractivity contribution in [2.45, 2.75) is 57.8 Å². The van der Waals surface area contributed by atoms with Crippen molar-refractivity contribution in [2.24, 2.45) is 0 Å². The third kappa shape index (κ3) is 4.90. The molecule has 1 heterocycles. The lowest BCUT2D eigenvalue weighted by Gasteiger charge is -2.43. The van der Waals surface area contributed by atoms with Crippen LogP contribution in [0.25, 0.3) is 0 Å². The summed E-state index contributed by atoms with van der Waals surface area (Å²) in [6, 6.07) is 32.0.